The van der Waals surface area contributed by atoms with Crippen molar-refractivity contribution in [3.63, 3.8) is 0 Å². The molecule has 0 amide bonds. The van der Waals surface area contributed by atoms with Gasteiger partial charge in [0.05, 0.1) is 13.2 Å². The van der Waals surface area contributed by atoms with E-state index in [-0.39, 0.29) is 11.8 Å². The fraction of sp³-hybridized carbons (Fsp3) is 0.417. The molecule has 0 aliphatic carbocycles. The fourth-order valence-electron chi connectivity index (χ4n) is 1.23. The van der Waals surface area contributed by atoms with E-state index in [2.05, 4.69) is 0 Å². The first-order chi connectivity index (χ1) is 7.06. The highest BCUT2D eigenvalue weighted by Crippen LogP contribution is 2.13. The number of rotatable bonds is 4. The van der Waals surface area contributed by atoms with E-state index < -0.39 is 0 Å². The van der Waals surface area contributed by atoms with Gasteiger partial charge in [-0.3, -0.25) is 9.69 Å². The van der Waals surface area contributed by atoms with Crippen LogP contribution in [-0.2, 0) is 0 Å². The zero-order valence-electron chi connectivity index (χ0n) is 9.65. The topological polar surface area (TPSA) is 29.5 Å². The van der Waals surface area contributed by atoms with Gasteiger partial charge in [0.2, 0.25) is 0 Å². The summed E-state index contributed by atoms with van der Waals surface area (Å²) >= 11 is 0. The number of benzene rings is 1. The van der Waals surface area contributed by atoms with Gasteiger partial charge in [-0.2, -0.15) is 0 Å². The van der Waals surface area contributed by atoms with Crippen LogP contribution in [0.3, 0.4) is 0 Å². The van der Waals surface area contributed by atoms with Crippen molar-refractivity contribution in [3.05, 3.63) is 29.8 Å². The maximum atomic E-state index is 11.9. The van der Waals surface area contributed by atoms with E-state index in [0.29, 0.717) is 0 Å². The Hall–Kier alpha value is -1.35. The molecule has 0 radical (unpaired) electrons. The van der Waals surface area contributed by atoms with Crippen LogP contribution in [0.25, 0.3) is 0 Å². The molecule has 82 valence electrons. The molecule has 0 saturated heterocycles. The SMILES string of the molecule is COc1ccc(C(=O)C(C)N(C)C)cc1. The van der Waals surface area contributed by atoms with Gasteiger partial charge in [-0.15, -0.1) is 0 Å². The number of Topliss-reactive ketones (excluding diaryl/α,β-unsaturated/α-hetero) is 1. The quantitative estimate of drug-likeness (QED) is 0.705. The second-order valence-corrected chi connectivity index (χ2v) is 3.73. The van der Waals surface area contributed by atoms with E-state index in [1.807, 2.05) is 25.9 Å². The summed E-state index contributed by atoms with van der Waals surface area (Å²) in [6.07, 6.45) is 0. The first-order valence-corrected chi connectivity index (χ1v) is 4.91. The second-order valence-electron chi connectivity index (χ2n) is 3.73. The van der Waals surface area contributed by atoms with Crippen LogP contribution in [0.4, 0.5) is 0 Å². The van der Waals surface area contributed by atoms with Crippen molar-refractivity contribution >= 4 is 5.78 Å². The van der Waals surface area contributed by atoms with Gasteiger partial charge in [0.25, 0.3) is 0 Å². The molecule has 0 bridgehead atoms. The van der Waals surface area contributed by atoms with E-state index in [1.54, 1.807) is 31.4 Å². The minimum atomic E-state index is -0.0987. The lowest BCUT2D eigenvalue weighted by Gasteiger charge is -2.18. The molecule has 1 aromatic rings. The molecule has 1 atom stereocenters. The van der Waals surface area contributed by atoms with E-state index in [9.17, 15) is 4.79 Å². The Kier molecular flexibility index (Phi) is 3.86. The number of ether oxygens (including phenoxy) is 1. The largest absolute Gasteiger partial charge is 0.497 e. The van der Waals surface area contributed by atoms with Gasteiger partial charge in [0.1, 0.15) is 5.75 Å². The molecule has 1 aromatic carbocycles. The molecule has 15 heavy (non-hydrogen) atoms. The van der Waals surface area contributed by atoms with Crippen molar-refractivity contribution in [2.75, 3.05) is 21.2 Å². The fourth-order valence-corrected chi connectivity index (χ4v) is 1.23. The summed E-state index contributed by atoms with van der Waals surface area (Å²) in [6, 6.07) is 7.09. The summed E-state index contributed by atoms with van der Waals surface area (Å²) in [4.78, 5) is 13.8. The van der Waals surface area contributed by atoms with Crippen LogP contribution in [0.15, 0.2) is 24.3 Å². The zero-order chi connectivity index (χ0) is 11.4. The lowest BCUT2D eigenvalue weighted by atomic mass is 10.0. The Labute approximate surface area is 90.7 Å². The first kappa shape index (κ1) is 11.7. The zero-order valence-corrected chi connectivity index (χ0v) is 9.65. The van der Waals surface area contributed by atoms with E-state index in [1.165, 1.54) is 0 Å². The summed E-state index contributed by atoms with van der Waals surface area (Å²) in [6.45, 7) is 1.90. The molecule has 0 aliphatic heterocycles. The minimum Gasteiger partial charge on any atom is -0.497 e. The van der Waals surface area contributed by atoms with Gasteiger partial charge in [-0.1, -0.05) is 0 Å². The molecule has 3 nitrogen and oxygen atoms in total. The number of carbonyl (C=O) groups is 1. The van der Waals surface area contributed by atoms with Gasteiger partial charge >= 0.3 is 0 Å². The van der Waals surface area contributed by atoms with E-state index in [0.717, 1.165) is 11.3 Å². The Balaban J connectivity index is 2.83. The van der Waals surface area contributed by atoms with Crippen LogP contribution in [0, 0.1) is 0 Å². The van der Waals surface area contributed by atoms with Gasteiger partial charge in [0.15, 0.2) is 5.78 Å². The molecule has 0 heterocycles. The third kappa shape index (κ3) is 2.80. The van der Waals surface area contributed by atoms with Crippen LogP contribution in [-0.4, -0.2) is 37.9 Å². The van der Waals surface area contributed by atoms with Crippen LogP contribution in [0.5, 0.6) is 5.75 Å². The molecule has 3 heteroatoms. The maximum Gasteiger partial charge on any atom is 0.179 e. The predicted octanol–water partition coefficient (Wildman–Crippen LogP) is 1.83. The third-order valence-corrected chi connectivity index (χ3v) is 2.53. The highest BCUT2D eigenvalue weighted by atomic mass is 16.5. The van der Waals surface area contributed by atoms with Crippen LogP contribution < -0.4 is 4.74 Å². The minimum absolute atomic E-state index is 0.0987. The highest BCUT2D eigenvalue weighted by Gasteiger charge is 2.16. The normalized spacial score (nSPS) is 12.6. The molecular formula is C12H17NO2. The molecule has 0 aromatic heterocycles. The molecule has 0 fully saturated rings. The standard InChI is InChI=1S/C12H17NO2/c1-9(13(2)3)12(14)10-5-7-11(15-4)8-6-10/h5-9H,1-4H3. The summed E-state index contributed by atoms with van der Waals surface area (Å²) in [5.74, 6) is 0.895. The second kappa shape index (κ2) is 4.94. The molecule has 0 spiro atoms. The van der Waals surface area contributed by atoms with Crippen LogP contribution in [0.1, 0.15) is 17.3 Å². The Bertz CT molecular complexity index is 330. The smallest absolute Gasteiger partial charge is 0.179 e. The summed E-state index contributed by atoms with van der Waals surface area (Å²) in [5.41, 5.74) is 0.719. The number of methoxy groups -OCH3 is 1. The number of likely N-dealkylation sites (N-methyl/N-ethyl adjacent to an activating group) is 1. The van der Waals surface area contributed by atoms with Crippen molar-refractivity contribution in [2.24, 2.45) is 0 Å². The van der Waals surface area contributed by atoms with Crippen molar-refractivity contribution in [1.29, 1.82) is 0 Å². The highest BCUT2D eigenvalue weighted by molar-refractivity contribution is 5.99. The Morgan fingerprint density at radius 3 is 2.20 bits per heavy atom. The molecule has 0 saturated carbocycles. The van der Waals surface area contributed by atoms with Crippen molar-refractivity contribution in [1.82, 2.24) is 4.90 Å². The number of ketones is 1. The van der Waals surface area contributed by atoms with Gasteiger partial charge < -0.3 is 4.74 Å². The summed E-state index contributed by atoms with van der Waals surface area (Å²) in [7, 11) is 5.40. The maximum absolute atomic E-state index is 11.9. The van der Waals surface area contributed by atoms with Crippen LogP contribution in [0.2, 0.25) is 0 Å². The van der Waals surface area contributed by atoms with Gasteiger partial charge in [-0.25, -0.2) is 0 Å². The molecular weight excluding hydrogens is 190 g/mol. The first-order valence-electron chi connectivity index (χ1n) is 4.91. The number of nitrogens with zero attached hydrogens (tertiary/aromatic N) is 1. The summed E-state index contributed by atoms with van der Waals surface area (Å²) < 4.78 is 5.04. The van der Waals surface area contributed by atoms with E-state index in [4.69, 9.17) is 4.74 Å². The van der Waals surface area contributed by atoms with Crippen molar-refractivity contribution in [3.8, 4) is 5.75 Å². The lowest BCUT2D eigenvalue weighted by Crippen LogP contribution is -2.32. The summed E-state index contributed by atoms with van der Waals surface area (Å²) in [5, 5.41) is 0. The van der Waals surface area contributed by atoms with Gasteiger partial charge in [-0.05, 0) is 45.3 Å². The van der Waals surface area contributed by atoms with Crippen LogP contribution >= 0.6 is 0 Å². The average Bonchev–Trinajstić information content (AvgIpc) is 2.27. The number of hydrogen-bond acceptors (Lipinski definition) is 3. The lowest BCUT2D eigenvalue weighted by molar-refractivity contribution is 0.0890. The Morgan fingerprint density at radius 2 is 1.80 bits per heavy atom. The Morgan fingerprint density at radius 1 is 1.27 bits per heavy atom. The average molecular weight is 207 g/mol. The molecule has 1 rings (SSSR count). The number of carbonyl (C=O) groups excluding carboxylic acids is 1. The van der Waals surface area contributed by atoms with Gasteiger partial charge in [0, 0.05) is 5.56 Å². The van der Waals surface area contributed by atoms with E-state index >= 15 is 0 Å². The van der Waals surface area contributed by atoms with Crippen molar-refractivity contribution < 1.29 is 9.53 Å². The monoisotopic (exact) mass is 207 g/mol. The molecule has 1 unspecified atom stereocenters. The predicted molar refractivity (Wildman–Crippen MR) is 60.5 cm³/mol. The third-order valence-electron chi connectivity index (χ3n) is 2.53. The molecule has 0 aliphatic rings. The number of hydrogen-bond donors (Lipinski definition) is 0. The van der Waals surface area contributed by atoms with Crippen molar-refractivity contribution in [2.45, 2.75) is 13.0 Å². The molecule has 0 N–H and O–H groups in total.